The lowest BCUT2D eigenvalue weighted by molar-refractivity contribution is 0.197. The topological polar surface area (TPSA) is 43.2 Å². The van der Waals surface area contributed by atoms with Crippen LogP contribution in [0.2, 0.25) is 6.32 Å². The Morgan fingerprint density at radius 3 is 2.26 bits per heavy atom. The van der Waals surface area contributed by atoms with Gasteiger partial charge in [0.25, 0.3) is 7.48 Å². The summed E-state index contributed by atoms with van der Waals surface area (Å²) in [4.78, 5) is 0. The second-order valence-corrected chi connectivity index (χ2v) is 7.86. The Morgan fingerprint density at radius 2 is 1.63 bits per heavy atom. The zero-order valence-electron chi connectivity index (χ0n) is 15.5. The number of hydrogen-bond donors (Lipinski definition) is 0. The van der Waals surface area contributed by atoms with Gasteiger partial charge in [-0.15, -0.1) is 0 Å². The molecule has 3 aliphatic rings. The highest BCUT2D eigenvalue weighted by molar-refractivity contribution is 6.55. The first-order valence-corrected chi connectivity index (χ1v) is 10.2. The van der Waals surface area contributed by atoms with E-state index in [1.165, 1.54) is 24.0 Å². The molecule has 3 atom stereocenters. The number of fused-ring (bicyclic) bond motifs is 1. The second kappa shape index (κ2) is 7.25. The molecule has 0 spiro atoms. The number of nitrogens with zero attached hydrogens (tertiary/aromatic N) is 2. The molecular formula is C21H24B2N2O2. The van der Waals surface area contributed by atoms with E-state index in [0.29, 0.717) is 5.92 Å². The minimum absolute atomic E-state index is 0.113. The molecule has 0 aromatic heterocycles. The van der Waals surface area contributed by atoms with Gasteiger partial charge in [0.1, 0.15) is 0 Å². The maximum Gasteiger partial charge on any atom is 0.472 e. The van der Waals surface area contributed by atoms with E-state index in [1.807, 2.05) is 0 Å². The van der Waals surface area contributed by atoms with Crippen molar-refractivity contribution < 1.29 is 9.31 Å². The van der Waals surface area contributed by atoms with Gasteiger partial charge in [-0.1, -0.05) is 67.1 Å². The molecule has 2 unspecified atom stereocenters. The van der Waals surface area contributed by atoms with Gasteiger partial charge in [0.05, 0.1) is 5.31 Å². The third-order valence-corrected chi connectivity index (χ3v) is 6.44. The standard InChI is InChI=1S/C21H24B2N2O2/c1-3-8-16(9-4-1)21(17-10-5-2-6-11-17)18-12-7-13-19(18)27-23(21)25-24-20-14-15-22-26-20/h1-6,8-11,18-20,22H,7,12-15H2/t18?,19?,20-/m0/s1. The van der Waals surface area contributed by atoms with Crippen molar-refractivity contribution >= 4 is 14.5 Å². The third kappa shape index (κ3) is 2.86. The van der Waals surface area contributed by atoms with E-state index in [1.54, 1.807) is 0 Å². The molecule has 2 heterocycles. The van der Waals surface area contributed by atoms with Crippen molar-refractivity contribution in [1.82, 2.24) is 0 Å². The van der Waals surface area contributed by atoms with Crippen LogP contribution in [0.3, 0.4) is 0 Å². The normalized spacial score (nSPS) is 29.2. The van der Waals surface area contributed by atoms with Crippen LogP contribution in [0.25, 0.3) is 0 Å². The molecule has 2 aliphatic heterocycles. The molecule has 1 saturated carbocycles. The summed E-state index contributed by atoms with van der Waals surface area (Å²) in [5, 5.41) is 9.04. The van der Waals surface area contributed by atoms with Crippen LogP contribution in [0.15, 0.2) is 70.8 Å². The molecule has 2 aromatic rings. The van der Waals surface area contributed by atoms with Gasteiger partial charge in [0, 0.05) is 6.10 Å². The van der Waals surface area contributed by atoms with Crippen LogP contribution in [0.1, 0.15) is 36.8 Å². The van der Waals surface area contributed by atoms with E-state index in [2.05, 4.69) is 65.8 Å². The van der Waals surface area contributed by atoms with E-state index in [4.69, 9.17) is 14.3 Å². The molecule has 3 fully saturated rings. The first-order valence-electron chi connectivity index (χ1n) is 10.2. The maximum absolute atomic E-state index is 6.55. The molecular weight excluding hydrogens is 334 g/mol. The van der Waals surface area contributed by atoms with Crippen molar-refractivity contribution in [1.29, 1.82) is 0 Å². The van der Waals surface area contributed by atoms with E-state index >= 15 is 0 Å². The molecule has 2 saturated heterocycles. The van der Waals surface area contributed by atoms with Gasteiger partial charge in [-0.3, -0.25) is 0 Å². The van der Waals surface area contributed by atoms with Gasteiger partial charge in [-0.05, 0) is 42.6 Å². The van der Waals surface area contributed by atoms with Crippen molar-refractivity contribution in [3.05, 3.63) is 71.8 Å². The summed E-state index contributed by atoms with van der Waals surface area (Å²) in [5.74, 6) is 0.427. The minimum atomic E-state index is -0.304. The Balaban J connectivity index is 1.64. The summed E-state index contributed by atoms with van der Waals surface area (Å²) in [6.07, 6.45) is 5.64. The molecule has 5 rings (SSSR count). The quantitative estimate of drug-likeness (QED) is 0.608. The molecule has 6 heteroatoms. The van der Waals surface area contributed by atoms with Crippen LogP contribution in [0, 0.1) is 5.92 Å². The highest BCUT2D eigenvalue weighted by Crippen LogP contribution is 2.55. The second-order valence-electron chi connectivity index (χ2n) is 7.86. The Bertz CT molecular complexity index is 757. The SMILES string of the molecule is B1CC[C@@H](N=NB2OC3CCCC3C2(c2ccccc2)c2ccccc2)O1. The van der Waals surface area contributed by atoms with Crippen molar-refractivity contribution in [2.75, 3.05) is 0 Å². The summed E-state index contributed by atoms with van der Waals surface area (Å²) in [6, 6.07) is 21.6. The van der Waals surface area contributed by atoms with E-state index in [0.717, 1.165) is 26.6 Å². The van der Waals surface area contributed by atoms with Gasteiger partial charge >= 0.3 is 7.05 Å². The van der Waals surface area contributed by atoms with Crippen molar-refractivity contribution in [3.63, 3.8) is 0 Å². The number of rotatable bonds is 4. The molecule has 27 heavy (non-hydrogen) atoms. The molecule has 136 valence electrons. The van der Waals surface area contributed by atoms with Crippen LogP contribution < -0.4 is 0 Å². The van der Waals surface area contributed by atoms with Crippen LogP contribution in [0.4, 0.5) is 0 Å². The fourth-order valence-corrected chi connectivity index (χ4v) is 5.28. The molecule has 0 bridgehead atoms. The first-order chi connectivity index (χ1) is 13.4. The lowest BCUT2D eigenvalue weighted by Gasteiger charge is -2.35. The molecule has 0 amide bonds. The van der Waals surface area contributed by atoms with Crippen LogP contribution in [0.5, 0.6) is 0 Å². The predicted octanol–water partition coefficient (Wildman–Crippen LogP) is 4.17. The van der Waals surface area contributed by atoms with Crippen LogP contribution in [-0.4, -0.2) is 26.9 Å². The Hall–Kier alpha value is -1.91. The number of benzene rings is 2. The van der Waals surface area contributed by atoms with Crippen molar-refractivity contribution in [2.24, 2.45) is 16.1 Å². The smallest absolute Gasteiger partial charge is 0.418 e. The summed E-state index contributed by atoms with van der Waals surface area (Å²) >= 11 is 0. The molecule has 4 nitrogen and oxygen atoms in total. The Morgan fingerprint density at radius 1 is 0.926 bits per heavy atom. The average Bonchev–Trinajstić information content (AvgIpc) is 3.45. The Kier molecular flexibility index (Phi) is 4.62. The number of hydrogen-bond acceptors (Lipinski definition) is 4. The molecule has 2 aromatic carbocycles. The lowest BCUT2D eigenvalue weighted by Crippen LogP contribution is -2.44. The van der Waals surface area contributed by atoms with E-state index in [-0.39, 0.29) is 24.7 Å². The summed E-state index contributed by atoms with van der Waals surface area (Å²) < 4.78 is 12.2. The van der Waals surface area contributed by atoms with E-state index in [9.17, 15) is 0 Å². The van der Waals surface area contributed by atoms with Gasteiger partial charge in [-0.2, -0.15) is 5.11 Å². The zero-order valence-corrected chi connectivity index (χ0v) is 15.5. The highest BCUT2D eigenvalue weighted by Gasteiger charge is 2.63. The largest absolute Gasteiger partial charge is 0.472 e. The third-order valence-electron chi connectivity index (χ3n) is 6.44. The van der Waals surface area contributed by atoms with Crippen LogP contribution in [-0.2, 0) is 14.6 Å². The van der Waals surface area contributed by atoms with Gasteiger partial charge in [0.15, 0.2) is 6.23 Å². The molecule has 1 aliphatic carbocycles. The summed E-state index contributed by atoms with van der Waals surface area (Å²) in [6.45, 7) is 0. The monoisotopic (exact) mass is 358 g/mol. The van der Waals surface area contributed by atoms with Crippen molar-refractivity contribution in [2.45, 2.75) is 49.6 Å². The fraction of sp³-hybridized carbons (Fsp3) is 0.429. The fourth-order valence-electron chi connectivity index (χ4n) is 5.28. The van der Waals surface area contributed by atoms with Crippen LogP contribution >= 0.6 is 0 Å². The van der Waals surface area contributed by atoms with Gasteiger partial charge < -0.3 is 9.31 Å². The summed E-state index contributed by atoms with van der Waals surface area (Å²) in [5.41, 5.74) is 2.56. The highest BCUT2D eigenvalue weighted by atomic mass is 16.5. The zero-order chi connectivity index (χ0) is 18.1. The van der Waals surface area contributed by atoms with Gasteiger partial charge in [-0.25, -0.2) is 5.03 Å². The minimum Gasteiger partial charge on any atom is -0.418 e. The summed E-state index contributed by atoms with van der Waals surface area (Å²) in [7, 11) is 0.477. The first kappa shape index (κ1) is 17.2. The van der Waals surface area contributed by atoms with E-state index < -0.39 is 0 Å². The molecule has 0 radical (unpaired) electrons. The van der Waals surface area contributed by atoms with Crippen molar-refractivity contribution in [3.8, 4) is 0 Å². The lowest BCUT2D eigenvalue weighted by atomic mass is 9.45. The van der Waals surface area contributed by atoms with Gasteiger partial charge in [0.2, 0.25) is 0 Å². The Labute approximate surface area is 161 Å². The average molecular weight is 358 g/mol. The predicted molar refractivity (Wildman–Crippen MR) is 108 cm³/mol. The molecule has 0 N–H and O–H groups in total. The maximum atomic E-state index is 6.55.